The summed E-state index contributed by atoms with van der Waals surface area (Å²) in [5.41, 5.74) is 0.135. The number of carboxylic acids is 1. The Balaban J connectivity index is 2.35. The maximum Gasteiger partial charge on any atom is 0.339 e. The van der Waals surface area contributed by atoms with E-state index in [1.165, 1.54) is 24.9 Å². The molecule has 1 N–H and O–H groups in total. The second-order valence-electron chi connectivity index (χ2n) is 3.28. The highest BCUT2D eigenvalue weighted by molar-refractivity contribution is 7.99. The zero-order chi connectivity index (χ0) is 13.4. The zero-order valence-electron chi connectivity index (χ0n) is 9.92. The van der Waals surface area contributed by atoms with Crippen LogP contribution in [0.3, 0.4) is 0 Å². The standard InChI is InChI=1S/C12H14O5S/c1-16-11(13)8-18-7-6-17-10-5-3-2-4-9(10)12(14)15/h2-5H,6-8H2,1H3,(H,14,15). The van der Waals surface area contributed by atoms with Crippen molar-refractivity contribution < 1.29 is 24.2 Å². The molecular formula is C12H14O5S. The number of esters is 1. The normalized spacial score (nSPS) is 9.83. The monoisotopic (exact) mass is 270 g/mol. The molecule has 0 aromatic heterocycles. The number of methoxy groups -OCH3 is 1. The predicted molar refractivity (Wildman–Crippen MR) is 68.2 cm³/mol. The van der Waals surface area contributed by atoms with Gasteiger partial charge in [-0.2, -0.15) is 0 Å². The molecule has 1 rings (SSSR count). The van der Waals surface area contributed by atoms with Crippen LogP contribution in [0, 0.1) is 0 Å². The molecule has 0 spiro atoms. The molecule has 1 aromatic rings. The number of carboxylic acid groups (broad SMARTS) is 1. The average Bonchev–Trinajstić information content (AvgIpc) is 2.38. The van der Waals surface area contributed by atoms with E-state index in [1.807, 2.05) is 0 Å². The van der Waals surface area contributed by atoms with Crippen LogP contribution in [0.5, 0.6) is 5.75 Å². The van der Waals surface area contributed by atoms with Crippen LogP contribution in [0.15, 0.2) is 24.3 Å². The van der Waals surface area contributed by atoms with Gasteiger partial charge in [-0.1, -0.05) is 12.1 Å². The molecule has 98 valence electrons. The Hall–Kier alpha value is -1.69. The third-order valence-corrected chi connectivity index (χ3v) is 2.95. The summed E-state index contributed by atoms with van der Waals surface area (Å²) in [5.74, 6) is -0.119. The molecule has 0 aliphatic rings. The molecule has 0 bridgehead atoms. The van der Waals surface area contributed by atoms with Crippen LogP contribution < -0.4 is 4.74 Å². The first-order valence-electron chi connectivity index (χ1n) is 5.25. The summed E-state index contributed by atoms with van der Waals surface area (Å²) in [4.78, 5) is 21.7. The maximum absolute atomic E-state index is 10.9. The highest BCUT2D eigenvalue weighted by Gasteiger charge is 2.09. The van der Waals surface area contributed by atoms with Crippen molar-refractivity contribution in [2.75, 3.05) is 25.2 Å². The van der Waals surface area contributed by atoms with Crippen molar-refractivity contribution in [1.82, 2.24) is 0 Å². The van der Waals surface area contributed by atoms with Crippen molar-refractivity contribution in [1.29, 1.82) is 0 Å². The van der Waals surface area contributed by atoms with Crippen LogP contribution in [0.1, 0.15) is 10.4 Å². The molecule has 0 heterocycles. The summed E-state index contributed by atoms with van der Waals surface area (Å²) in [7, 11) is 1.34. The molecule has 18 heavy (non-hydrogen) atoms. The maximum atomic E-state index is 10.9. The number of ether oxygens (including phenoxy) is 2. The lowest BCUT2D eigenvalue weighted by Crippen LogP contribution is -2.08. The van der Waals surface area contributed by atoms with E-state index >= 15 is 0 Å². The lowest BCUT2D eigenvalue weighted by Gasteiger charge is -2.08. The van der Waals surface area contributed by atoms with Crippen LogP contribution in [0.2, 0.25) is 0 Å². The molecule has 5 nitrogen and oxygen atoms in total. The van der Waals surface area contributed by atoms with Gasteiger partial charge < -0.3 is 14.6 Å². The molecule has 0 atom stereocenters. The van der Waals surface area contributed by atoms with Gasteiger partial charge in [0.15, 0.2) is 0 Å². The largest absolute Gasteiger partial charge is 0.492 e. The number of para-hydroxylation sites is 1. The molecule has 6 heteroatoms. The Kier molecular flexibility index (Phi) is 6.07. The van der Waals surface area contributed by atoms with Crippen molar-refractivity contribution >= 4 is 23.7 Å². The Labute approximate surface area is 109 Å². The number of hydrogen-bond donors (Lipinski definition) is 1. The molecule has 0 aliphatic heterocycles. The predicted octanol–water partition coefficient (Wildman–Crippen LogP) is 1.67. The minimum absolute atomic E-state index is 0.135. The summed E-state index contributed by atoms with van der Waals surface area (Å²) in [6.07, 6.45) is 0. The molecule has 0 saturated heterocycles. The van der Waals surface area contributed by atoms with Crippen LogP contribution in [0.25, 0.3) is 0 Å². The minimum atomic E-state index is -1.02. The van der Waals surface area contributed by atoms with Crippen LogP contribution in [-0.2, 0) is 9.53 Å². The number of aromatic carboxylic acids is 1. The molecule has 0 aliphatic carbocycles. The Morgan fingerprint density at radius 2 is 2.06 bits per heavy atom. The second kappa shape index (κ2) is 7.60. The van der Waals surface area contributed by atoms with E-state index in [0.717, 1.165) is 0 Å². The van der Waals surface area contributed by atoms with Gasteiger partial charge in [0.2, 0.25) is 0 Å². The summed E-state index contributed by atoms with van der Waals surface area (Å²) >= 11 is 1.37. The molecule has 0 amide bonds. The third kappa shape index (κ3) is 4.67. The number of carbonyl (C=O) groups excluding carboxylic acids is 1. The Morgan fingerprint density at radius 1 is 1.33 bits per heavy atom. The van der Waals surface area contributed by atoms with E-state index in [0.29, 0.717) is 18.1 Å². The lowest BCUT2D eigenvalue weighted by molar-refractivity contribution is -0.137. The van der Waals surface area contributed by atoms with E-state index in [1.54, 1.807) is 18.2 Å². The van der Waals surface area contributed by atoms with Crippen molar-refractivity contribution in [3.63, 3.8) is 0 Å². The van der Waals surface area contributed by atoms with Gasteiger partial charge in [0.25, 0.3) is 0 Å². The van der Waals surface area contributed by atoms with E-state index < -0.39 is 5.97 Å². The number of rotatable bonds is 7. The average molecular weight is 270 g/mol. The summed E-state index contributed by atoms with van der Waals surface area (Å²) in [6, 6.07) is 6.44. The first kappa shape index (κ1) is 14.4. The van der Waals surface area contributed by atoms with E-state index in [2.05, 4.69) is 4.74 Å². The lowest BCUT2D eigenvalue weighted by atomic mass is 10.2. The Morgan fingerprint density at radius 3 is 2.72 bits per heavy atom. The van der Waals surface area contributed by atoms with Crippen molar-refractivity contribution in [2.24, 2.45) is 0 Å². The minimum Gasteiger partial charge on any atom is -0.492 e. The fourth-order valence-corrected chi connectivity index (χ4v) is 1.82. The van der Waals surface area contributed by atoms with Crippen LogP contribution >= 0.6 is 11.8 Å². The molecular weight excluding hydrogens is 256 g/mol. The van der Waals surface area contributed by atoms with Gasteiger partial charge in [-0.25, -0.2) is 4.79 Å². The van der Waals surface area contributed by atoms with Gasteiger partial charge in [0.05, 0.1) is 19.5 Å². The molecule has 0 fully saturated rings. The third-order valence-electron chi connectivity index (χ3n) is 2.05. The van der Waals surface area contributed by atoms with E-state index in [4.69, 9.17) is 9.84 Å². The fourth-order valence-electron chi connectivity index (χ4n) is 1.19. The first-order chi connectivity index (χ1) is 8.65. The molecule has 0 unspecified atom stereocenters. The highest BCUT2D eigenvalue weighted by Crippen LogP contribution is 2.18. The summed E-state index contributed by atoms with van der Waals surface area (Å²) in [5, 5.41) is 8.93. The summed E-state index contributed by atoms with van der Waals surface area (Å²) < 4.78 is 9.85. The second-order valence-corrected chi connectivity index (χ2v) is 4.38. The van der Waals surface area contributed by atoms with Crippen molar-refractivity contribution in [3.05, 3.63) is 29.8 Å². The molecule has 0 saturated carbocycles. The SMILES string of the molecule is COC(=O)CSCCOc1ccccc1C(=O)O. The summed E-state index contributed by atoms with van der Waals surface area (Å²) in [6.45, 7) is 0.339. The quantitative estimate of drug-likeness (QED) is 0.600. The smallest absolute Gasteiger partial charge is 0.339 e. The van der Waals surface area contributed by atoms with Gasteiger partial charge in [0, 0.05) is 5.75 Å². The van der Waals surface area contributed by atoms with Crippen molar-refractivity contribution in [2.45, 2.75) is 0 Å². The number of carbonyl (C=O) groups is 2. The number of hydrogen-bond acceptors (Lipinski definition) is 5. The van der Waals surface area contributed by atoms with Crippen LogP contribution in [0.4, 0.5) is 0 Å². The van der Waals surface area contributed by atoms with Crippen LogP contribution in [-0.4, -0.2) is 42.3 Å². The number of thioether (sulfide) groups is 1. The van der Waals surface area contributed by atoms with E-state index in [9.17, 15) is 9.59 Å². The number of benzene rings is 1. The zero-order valence-corrected chi connectivity index (χ0v) is 10.7. The first-order valence-corrected chi connectivity index (χ1v) is 6.40. The molecule has 1 aromatic carbocycles. The molecule has 0 radical (unpaired) electrons. The van der Waals surface area contributed by atoms with Crippen molar-refractivity contribution in [3.8, 4) is 5.75 Å². The Bertz CT molecular complexity index is 419. The fraction of sp³-hybridized carbons (Fsp3) is 0.333. The topological polar surface area (TPSA) is 72.8 Å². The van der Waals surface area contributed by atoms with E-state index in [-0.39, 0.29) is 17.3 Å². The van der Waals surface area contributed by atoms with Gasteiger partial charge >= 0.3 is 11.9 Å². The highest BCUT2D eigenvalue weighted by atomic mass is 32.2. The van der Waals surface area contributed by atoms with Gasteiger partial charge in [-0.15, -0.1) is 11.8 Å². The van der Waals surface area contributed by atoms with Gasteiger partial charge in [-0.3, -0.25) is 4.79 Å². The van der Waals surface area contributed by atoms with Gasteiger partial charge in [0.1, 0.15) is 11.3 Å². The van der Waals surface area contributed by atoms with Gasteiger partial charge in [-0.05, 0) is 12.1 Å².